The van der Waals surface area contributed by atoms with E-state index in [9.17, 15) is 9.59 Å². The molecule has 5 rings (SSSR count). The van der Waals surface area contributed by atoms with Gasteiger partial charge >= 0.3 is 0 Å². The summed E-state index contributed by atoms with van der Waals surface area (Å²) >= 11 is 0. The van der Waals surface area contributed by atoms with Crippen LogP contribution in [0.5, 0.6) is 0 Å². The van der Waals surface area contributed by atoms with Gasteiger partial charge in [-0.1, -0.05) is 48.5 Å². The predicted octanol–water partition coefficient (Wildman–Crippen LogP) is 4.01. The van der Waals surface area contributed by atoms with Gasteiger partial charge in [-0.15, -0.1) is 0 Å². The SMILES string of the molecule is O=C(NCc1cc2c([nH]c1=O)CCC2)c1cc(-c2ccccc2)nc2ccccc12. The summed E-state index contributed by atoms with van der Waals surface area (Å²) in [5.41, 5.74) is 5.69. The standard InChI is InChI=1S/C25H21N3O2/c29-24-18(13-17-9-6-12-21(17)28-24)15-26-25(30)20-14-23(16-7-2-1-3-8-16)27-22-11-5-4-10-19(20)22/h1-5,7-8,10-11,13-14H,6,9,12,15H2,(H,26,30)(H,28,29). The number of hydrogen-bond acceptors (Lipinski definition) is 3. The van der Waals surface area contributed by atoms with Gasteiger partial charge in [0.25, 0.3) is 11.5 Å². The highest BCUT2D eigenvalue weighted by Crippen LogP contribution is 2.25. The monoisotopic (exact) mass is 395 g/mol. The van der Waals surface area contributed by atoms with Gasteiger partial charge in [-0.2, -0.15) is 0 Å². The molecule has 0 atom stereocenters. The molecule has 148 valence electrons. The number of nitrogens with one attached hydrogen (secondary N) is 2. The fourth-order valence-corrected chi connectivity index (χ4v) is 4.08. The second kappa shape index (κ2) is 7.59. The first-order chi connectivity index (χ1) is 14.7. The third-order valence-electron chi connectivity index (χ3n) is 5.63. The van der Waals surface area contributed by atoms with Crippen LogP contribution in [0.3, 0.4) is 0 Å². The lowest BCUT2D eigenvalue weighted by Gasteiger charge is -2.11. The minimum atomic E-state index is -0.217. The molecule has 0 spiro atoms. The number of fused-ring (bicyclic) bond motifs is 2. The topological polar surface area (TPSA) is 74.8 Å². The quantitative estimate of drug-likeness (QED) is 0.548. The van der Waals surface area contributed by atoms with E-state index < -0.39 is 0 Å². The van der Waals surface area contributed by atoms with Crippen molar-refractivity contribution in [2.24, 2.45) is 0 Å². The maximum Gasteiger partial charge on any atom is 0.253 e. The molecule has 0 bridgehead atoms. The molecule has 5 nitrogen and oxygen atoms in total. The number of nitrogens with zero attached hydrogens (tertiary/aromatic N) is 1. The summed E-state index contributed by atoms with van der Waals surface area (Å²) in [6, 6.07) is 21.2. The molecule has 0 saturated heterocycles. The van der Waals surface area contributed by atoms with E-state index in [2.05, 4.69) is 10.3 Å². The first-order valence-electron chi connectivity index (χ1n) is 10.2. The number of rotatable bonds is 4. The zero-order valence-electron chi connectivity index (χ0n) is 16.4. The van der Waals surface area contributed by atoms with Crippen LogP contribution in [0.4, 0.5) is 0 Å². The average molecular weight is 395 g/mol. The van der Waals surface area contributed by atoms with Crippen LogP contribution in [0.25, 0.3) is 22.2 Å². The Hall–Kier alpha value is -3.73. The van der Waals surface area contributed by atoms with E-state index >= 15 is 0 Å². The highest BCUT2D eigenvalue weighted by molar-refractivity contribution is 6.07. The zero-order valence-corrected chi connectivity index (χ0v) is 16.4. The van der Waals surface area contributed by atoms with Crippen LogP contribution in [0.15, 0.2) is 71.5 Å². The summed E-state index contributed by atoms with van der Waals surface area (Å²) in [7, 11) is 0. The van der Waals surface area contributed by atoms with Gasteiger partial charge in [0.1, 0.15) is 0 Å². The Bertz CT molecular complexity index is 1310. The molecule has 30 heavy (non-hydrogen) atoms. The van der Waals surface area contributed by atoms with Gasteiger partial charge in [0.05, 0.1) is 16.8 Å². The van der Waals surface area contributed by atoms with Crippen molar-refractivity contribution in [3.8, 4) is 11.3 Å². The van der Waals surface area contributed by atoms with Crippen LogP contribution in [0, 0.1) is 0 Å². The van der Waals surface area contributed by atoms with E-state index in [-0.39, 0.29) is 18.0 Å². The van der Waals surface area contributed by atoms with E-state index in [1.54, 1.807) is 0 Å². The molecule has 2 aromatic carbocycles. The van der Waals surface area contributed by atoms with Crippen molar-refractivity contribution in [3.63, 3.8) is 0 Å². The second-order valence-corrected chi connectivity index (χ2v) is 7.60. The highest BCUT2D eigenvalue weighted by Gasteiger charge is 2.17. The fourth-order valence-electron chi connectivity index (χ4n) is 4.08. The zero-order chi connectivity index (χ0) is 20.5. The number of carbonyl (C=O) groups excluding carboxylic acids is 1. The first-order valence-corrected chi connectivity index (χ1v) is 10.2. The molecule has 5 heteroatoms. The molecule has 0 aliphatic heterocycles. The number of pyridine rings is 2. The van der Waals surface area contributed by atoms with Crippen LogP contribution in [0.1, 0.15) is 33.6 Å². The number of amides is 1. The first kappa shape index (κ1) is 18.3. The highest BCUT2D eigenvalue weighted by atomic mass is 16.1. The van der Waals surface area contributed by atoms with Crippen LogP contribution < -0.4 is 10.9 Å². The number of para-hydroxylation sites is 1. The summed E-state index contributed by atoms with van der Waals surface area (Å²) in [4.78, 5) is 33.2. The third kappa shape index (κ3) is 3.39. The molecular weight excluding hydrogens is 374 g/mol. The molecule has 1 aliphatic carbocycles. The minimum absolute atomic E-state index is 0.125. The summed E-state index contributed by atoms with van der Waals surface area (Å²) in [6.45, 7) is 0.193. The van der Waals surface area contributed by atoms with Crippen LogP contribution in [0.2, 0.25) is 0 Å². The van der Waals surface area contributed by atoms with Gasteiger partial charge < -0.3 is 10.3 Å². The van der Waals surface area contributed by atoms with E-state index in [0.717, 1.165) is 47.1 Å². The molecule has 1 aliphatic rings. The maximum absolute atomic E-state index is 13.1. The third-order valence-corrected chi connectivity index (χ3v) is 5.63. The smallest absolute Gasteiger partial charge is 0.253 e. The Morgan fingerprint density at radius 3 is 2.67 bits per heavy atom. The Balaban J connectivity index is 1.48. The minimum Gasteiger partial charge on any atom is -0.348 e. The molecule has 2 N–H and O–H groups in total. The van der Waals surface area contributed by atoms with Crippen LogP contribution in [-0.2, 0) is 19.4 Å². The Labute approximate surface area is 173 Å². The van der Waals surface area contributed by atoms with Gasteiger partial charge in [0.15, 0.2) is 0 Å². The largest absolute Gasteiger partial charge is 0.348 e. The van der Waals surface area contributed by atoms with Gasteiger partial charge in [-0.3, -0.25) is 9.59 Å². The van der Waals surface area contributed by atoms with E-state index in [1.807, 2.05) is 66.7 Å². The number of aromatic nitrogens is 2. The number of aryl methyl sites for hydroxylation is 2. The van der Waals surface area contributed by atoms with Crippen molar-refractivity contribution in [3.05, 3.63) is 99.5 Å². The Kier molecular flexibility index (Phi) is 4.64. The van der Waals surface area contributed by atoms with Gasteiger partial charge in [-0.25, -0.2) is 4.98 Å². The maximum atomic E-state index is 13.1. The average Bonchev–Trinajstić information content (AvgIpc) is 3.24. The van der Waals surface area contributed by atoms with Gasteiger partial charge in [0, 0.05) is 28.8 Å². The lowest BCUT2D eigenvalue weighted by Crippen LogP contribution is -2.27. The van der Waals surface area contributed by atoms with E-state index in [0.29, 0.717) is 11.1 Å². The van der Waals surface area contributed by atoms with Crippen molar-refractivity contribution >= 4 is 16.8 Å². The number of aromatic amines is 1. The summed E-state index contributed by atoms with van der Waals surface area (Å²) in [5.74, 6) is -0.217. The molecule has 0 unspecified atom stereocenters. The Morgan fingerprint density at radius 2 is 1.80 bits per heavy atom. The van der Waals surface area contributed by atoms with Crippen LogP contribution >= 0.6 is 0 Å². The fraction of sp³-hybridized carbons (Fsp3) is 0.160. The molecule has 2 aromatic heterocycles. The number of carbonyl (C=O) groups is 1. The number of hydrogen-bond donors (Lipinski definition) is 2. The molecule has 4 aromatic rings. The lowest BCUT2D eigenvalue weighted by molar-refractivity contribution is 0.0952. The summed E-state index contributed by atoms with van der Waals surface area (Å²) in [6.07, 6.45) is 2.96. The summed E-state index contributed by atoms with van der Waals surface area (Å²) < 4.78 is 0. The lowest BCUT2D eigenvalue weighted by atomic mass is 10.0. The number of H-pyrrole nitrogens is 1. The Morgan fingerprint density at radius 1 is 1.00 bits per heavy atom. The van der Waals surface area contributed by atoms with Crippen molar-refractivity contribution in [2.45, 2.75) is 25.8 Å². The van der Waals surface area contributed by atoms with Crippen molar-refractivity contribution in [1.29, 1.82) is 0 Å². The normalized spacial score (nSPS) is 12.7. The van der Waals surface area contributed by atoms with Crippen molar-refractivity contribution in [1.82, 2.24) is 15.3 Å². The molecular formula is C25H21N3O2. The van der Waals surface area contributed by atoms with Crippen molar-refractivity contribution in [2.75, 3.05) is 0 Å². The molecule has 2 heterocycles. The number of benzene rings is 2. The van der Waals surface area contributed by atoms with Crippen LogP contribution in [-0.4, -0.2) is 15.9 Å². The predicted molar refractivity (Wildman–Crippen MR) is 117 cm³/mol. The van der Waals surface area contributed by atoms with E-state index in [4.69, 9.17) is 4.98 Å². The summed E-state index contributed by atoms with van der Waals surface area (Å²) in [5, 5.41) is 3.72. The van der Waals surface area contributed by atoms with Gasteiger partial charge in [-0.05, 0) is 43.0 Å². The molecule has 0 saturated carbocycles. The molecule has 0 fully saturated rings. The molecule has 1 amide bonds. The van der Waals surface area contributed by atoms with Gasteiger partial charge in [0.2, 0.25) is 0 Å². The molecule has 0 radical (unpaired) electrons. The van der Waals surface area contributed by atoms with Crippen molar-refractivity contribution < 1.29 is 4.79 Å². The van der Waals surface area contributed by atoms with E-state index in [1.165, 1.54) is 5.56 Å². The second-order valence-electron chi connectivity index (χ2n) is 7.60.